The highest BCUT2D eigenvalue weighted by atomic mass is 16.5. The molecule has 4 aliphatic carbocycles. The highest BCUT2D eigenvalue weighted by molar-refractivity contribution is 5.82. The molecule has 0 aliphatic heterocycles. The molecule has 4 aliphatic rings. The molecule has 3 heteroatoms. The molecule has 8 atom stereocenters. The van der Waals surface area contributed by atoms with Crippen molar-refractivity contribution in [2.75, 3.05) is 0 Å². The van der Waals surface area contributed by atoms with Crippen LogP contribution in [0.1, 0.15) is 85.5 Å². The fraction of sp³-hybridized carbons (Fsp3) is 0.913. The molecule has 4 fully saturated rings. The molecule has 0 heterocycles. The normalized spacial score (nSPS) is 50.5. The molecule has 0 aromatic heterocycles. The number of fused-ring (bicyclic) bond motifs is 5. The summed E-state index contributed by atoms with van der Waals surface area (Å²) in [5.41, 5.74) is 0.515. The van der Waals surface area contributed by atoms with Crippen LogP contribution >= 0.6 is 0 Å². The maximum absolute atomic E-state index is 12.3. The SMILES string of the molecule is CCC(=O)OC1CCC2C3CCC4CC(=O)C(C)C[C@]4(C)C3CC[C@]12C. The smallest absolute Gasteiger partial charge is 0.305 e. The predicted octanol–water partition coefficient (Wildman–Crippen LogP) is 5.17. The van der Waals surface area contributed by atoms with Gasteiger partial charge in [0.15, 0.2) is 0 Å². The number of hydrogen-bond donors (Lipinski definition) is 0. The average molecular weight is 361 g/mol. The molecular formula is C23H36O3. The number of carbonyl (C=O) groups is 2. The summed E-state index contributed by atoms with van der Waals surface area (Å²) in [7, 11) is 0. The monoisotopic (exact) mass is 360 g/mol. The Labute approximate surface area is 158 Å². The van der Waals surface area contributed by atoms with Crippen LogP contribution in [0.2, 0.25) is 0 Å². The Kier molecular flexibility index (Phi) is 4.51. The van der Waals surface area contributed by atoms with Gasteiger partial charge < -0.3 is 4.74 Å². The Bertz CT molecular complexity index is 598. The van der Waals surface area contributed by atoms with Crippen LogP contribution in [-0.4, -0.2) is 17.9 Å². The van der Waals surface area contributed by atoms with Crippen molar-refractivity contribution < 1.29 is 14.3 Å². The average Bonchev–Trinajstić information content (AvgIpc) is 2.93. The summed E-state index contributed by atoms with van der Waals surface area (Å²) in [6.45, 7) is 8.94. The minimum atomic E-state index is -0.0331. The van der Waals surface area contributed by atoms with Gasteiger partial charge in [0.25, 0.3) is 0 Å². The zero-order valence-corrected chi connectivity index (χ0v) is 17.1. The van der Waals surface area contributed by atoms with Gasteiger partial charge in [-0.3, -0.25) is 9.59 Å². The predicted molar refractivity (Wildman–Crippen MR) is 101 cm³/mol. The number of esters is 1. The van der Waals surface area contributed by atoms with Crippen LogP contribution in [0.4, 0.5) is 0 Å². The van der Waals surface area contributed by atoms with E-state index >= 15 is 0 Å². The van der Waals surface area contributed by atoms with Crippen LogP contribution in [-0.2, 0) is 14.3 Å². The quantitative estimate of drug-likeness (QED) is 0.638. The number of ether oxygens (including phenoxy) is 1. The Morgan fingerprint density at radius 1 is 1.08 bits per heavy atom. The van der Waals surface area contributed by atoms with Crippen LogP contribution in [0, 0.1) is 40.4 Å². The first-order valence-corrected chi connectivity index (χ1v) is 11.0. The summed E-state index contributed by atoms with van der Waals surface area (Å²) >= 11 is 0. The topological polar surface area (TPSA) is 43.4 Å². The second kappa shape index (κ2) is 6.34. The van der Waals surface area contributed by atoms with Gasteiger partial charge in [-0.15, -0.1) is 0 Å². The summed E-state index contributed by atoms with van der Waals surface area (Å²) in [6.07, 6.45) is 9.72. The Morgan fingerprint density at radius 2 is 1.81 bits per heavy atom. The summed E-state index contributed by atoms with van der Waals surface area (Å²) < 4.78 is 5.89. The van der Waals surface area contributed by atoms with Crippen molar-refractivity contribution in [2.24, 2.45) is 40.4 Å². The third-order valence-electron chi connectivity index (χ3n) is 9.28. The molecule has 0 aromatic carbocycles. The van der Waals surface area contributed by atoms with E-state index in [1.165, 1.54) is 32.1 Å². The number of carbonyl (C=O) groups excluding carboxylic acids is 2. The molecule has 4 rings (SSSR count). The minimum absolute atomic E-state index is 0.0331. The van der Waals surface area contributed by atoms with E-state index in [9.17, 15) is 9.59 Å². The van der Waals surface area contributed by atoms with Crippen LogP contribution in [0.5, 0.6) is 0 Å². The molecule has 0 bridgehead atoms. The highest BCUT2D eigenvalue weighted by Gasteiger charge is 2.61. The van der Waals surface area contributed by atoms with Gasteiger partial charge in [-0.1, -0.05) is 27.7 Å². The summed E-state index contributed by atoms with van der Waals surface area (Å²) in [5.74, 6) is 3.53. The molecule has 4 saturated carbocycles. The molecule has 6 unspecified atom stereocenters. The largest absolute Gasteiger partial charge is 0.462 e. The van der Waals surface area contributed by atoms with Crippen molar-refractivity contribution >= 4 is 11.8 Å². The van der Waals surface area contributed by atoms with Crippen molar-refractivity contribution in [3.63, 3.8) is 0 Å². The van der Waals surface area contributed by atoms with E-state index in [2.05, 4.69) is 20.8 Å². The van der Waals surface area contributed by atoms with Crippen LogP contribution in [0.3, 0.4) is 0 Å². The van der Waals surface area contributed by atoms with Gasteiger partial charge in [-0.25, -0.2) is 0 Å². The van der Waals surface area contributed by atoms with Gasteiger partial charge in [0, 0.05) is 24.2 Å². The maximum atomic E-state index is 12.3. The van der Waals surface area contributed by atoms with E-state index in [1.54, 1.807) is 0 Å². The second-order valence-electron chi connectivity index (χ2n) is 10.4. The molecule has 0 aromatic rings. The van der Waals surface area contributed by atoms with Gasteiger partial charge in [0.2, 0.25) is 0 Å². The maximum Gasteiger partial charge on any atom is 0.305 e. The molecule has 3 nitrogen and oxygen atoms in total. The minimum Gasteiger partial charge on any atom is -0.462 e. The molecular weight excluding hydrogens is 324 g/mol. The summed E-state index contributed by atoms with van der Waals surface area (Å²) in [5, 5.41) is 0. The highest BCUT2D eigenvalue weighted by Crippen LogP contribution is 2.66. The third kappa shape index (κ3) is 2.59. The Balaban J connectivity index is 1.57. The first-order chi connectivity index (χ1) is 12.3. The van der Waals surface area contributed by atoms with Crippen LogP contribution < -0.4 is 0 Å². The van der Waals surface area contributed by atoms with Crippen molar-refractivity contribution in [3.05, 3.63) is 0 Å². The molecule has 0 N–H and O–H groups in total. The van der Waals surface area contributed by atoms with Crippen molar-refractivity contribution in [3.8, 4) is 0 Å². The van der Waals surface area contributed by atoms with E-state index in [1.807, 2.05) is 6.92 Å². The van der Waals surface area contributed by atoms with E-state index in [4.69, 9.17) is 4.74 Å². The fourth-order valence-corrected chi connectivity index (χ4v) is 7.79. The van der Waals surface area contributed by atoms with Gasteiger partial charge in [0.1, 0.15) is 11.9 Å². The fourth-order valence-electron chi connectivity index (χ4n) is 7.79. The molecule has 146 valence electrons. The van der Waals surface area contributed by atoms with E-state index < -0.39 is 0 Å². The number of hydrogen-bond acceptors (Lipinski definition) is 3. The van der Waals surface area contributed by atoms with E-state index in [0.29, 0.717) is 29.5 Å². The van der Waals surface area contributed by atoms with Crippen molar-refractivity contribution in [1.82, 2.24) is 0 Å². The van der Waals surface area contributed by atoms with E-state index in [-0.39, 0.29) is 23.4 Å². The molecule has 0 spiro atoms. The summed E-state index contributed by atoms with van der Waals surface area (Å²) in [6, 6.07) is 0. The van der Waals surface area contributed by atoms with Crippen LogP contribution in [0.25, 0.3) is 0 Å². The lowest BCUT2D eigenvalue weighted by atomic mass is 9.44. The van der Waals surface area contributed by atoms with Crippen molar-refractivity contribution in [2.45, 2.75) is 91.6 Å². The standard InChI is InChI=1S/C23H36O3/c1-5-21(25)26-20-9-8-17-16-7-6-15-12-19(24)14(2)13-23(15,4)18(16)10-11-22(17,20)3/h14-18,20H,5-13H2,1-4H3/t14?,15?,16?,17?,18?,20?,22-,23-/m0/s1. The molecule has 0 saturated heterocycles. The lowest BCUT2D eigenvalue weighted by Gasteiger charge is -2.60. The van der Waals surface area contributed by atoms with Gasteiger partial charge >= 0.3 is 5.97 Å². The number of rotatable bonds is 2. The molecule has 0 amide bonds. The van der Waals surface area contributed by atoms with Gasteiger partial charge in [0.05, 0.1) is 0 Å². The zero-order chi connectivity index (χ0) is 18.7. The third-order valence-corrected chi connectivity index (χ3v) is 9.28. The molecule has 26 heavy (non-hydrogen) atoms. The Hall–Kier alpha value is -0.860. The number of Topliss-reactive ketones (excluding diaryl/α,β-unsaturated/α-hetero) is 1. The van der Waals surface area contributed by atoms with Crippen LogP contribution in [0.15, 0.2) is 0 Å². The lowest BCUT2D eigenvalue weighted by molar-refractivity contribution is -0.165. The van der Waals surface area contributed by atoms with Gasteiger partial charge in [-0.05, 0) is 74.0 Å². The lowest BCUT2D eigenvalue weighted by Crippen LogP contribution is -2.55. The Morgan fingerprint density at radius 3 is 2.54 bits per heavy atom. The second-order valence-corrected chi connectivity index (χ2v) is 10.4. The first kappa shape index (κ1) is 18.5. The molecule has 0 radical (unpaired) electrons. The van der Waals surface area contributed by atoms with E-state index in [0.717, 1.165) is 31.1 Å². The first-order valence-electron chi connectivity index (χ1n) is 11.0. The van der Waals surface area contributed by atoms with Crippen molar-refractivity contribution in [1.29, 1.82) is 0 Å². The zero-order valence-electron chi connectivity index (χ0n) is 17.1. The summed E-state index contributed by atoms with van der Waals surface area (Å²) in [4.78, 5) is 24.2. The van der Waals surface area contributed by atoms with Gasteiger partial charge in [-0.2, -0.15) is 0 Å². The number of ketones is 1.